The molecule has 0 radical (unpaired) electrons. The number of fused-ring (bicyclic) bond motifs is 1. The molecule has 13 heteroatoms. The molecule has 2 aliphatic rings. The Hall–Kier alpha value is -4.81. The molecule has 1 amide bonds. The van der Waals surface area contributed by atoms with Crippen LogP contribution in [0, 0.1) is 0 Å². The lowest BCUT2D eigenvalue weighted by molar-refractivity contribution is -0.118. The Bertz CT molecular complexity index is 1670. The van der Waals surface area contributed by atoms with Crippen LogP contribution in [0.15, 0.2) is 55.1 Å². The average Bonchev–Trinajstić information content (AvgIpc) is 3.14. The van der Waals surface area contributed by atoms with Crippen LogP contribution in [-0.2, 0) is 16.0 Å². The lowest BCUT2D eigenvalue weighted by Crippen LogP contribution is -2.50. The van der Waals surface area contributed by atoms with Crippen LogP contribution >= 0.6 is 11.6 Å². The first-order valence-corrected chi connectivity index (χ1v) is 16.7. The zero-order chi connectivity index (χ0) is 35.8. The predicted molar refractivity (Wildman–Crippen MR) is 191 cm³/mol. The van der Waals surface area contributed by atoms with Crippen molar-refractivity contribution in [3.63, 3.8) is 0 Å². The third-order valence-electron chi connectivity index (χ3n) is 8.81. The standard InChI is InChI=1S/C37H44ClN3O9/c1-7-12-41-29-21-31(28(38)17-24(29)8-11-35(41)42)49-23-27(50-37(43)25-18-33(46-4)36(48-6)34(19-25)47-5)22-39-13-15-40(16-14-39)26-9-10-30(44-2)32(20-26)45-3/h7,9-10,17-21,27H,1,8,11-16,22-23H2,2-6H3. The highest BCUT2D eigenvalue weighted by Gasteiger charge is 2.28. The Morgan fingerprint density at radius 3 is 2.14 bits per heavy atom. The number of esters is 1. The maximum absolute atomic E-state index is 13.6. The van der Waals surface area contributed by atoms with Crippen molar-refractivity contribution in [2.45, 2.75) is 18.9 Å². The molecule has 1 saturated heterocycles. The number of aryl methyl sites for hydroxylation is 1. The van der Waals surface area contributed by atoms with Crippen LogP contribution in [-0.4, -0.2) is 104 Å². The van der Waals surface area contributed by atoms with E-state index in [-0.39, 0.29) is 18.1 Å². The molecular formula is C37H44ClN3O9. The van der Waals surface area contributed by atoms with E-state index in [2.05, 4.69) is 16.4 Å². The Balaban J connectivity index is 1.35. The van der Waals surface area contributed by atoms with Crippen LogP contribution in [0.5, 0.6) is 34.5 Å². The summed E-state index contributed by atoms with van der Waals surface area (Å²) in [6.07, 6.45) is 1.99. The largest absolute Gasteiger partial charge is 0.493 e. The number of halogens is 1. The topological polar surface area (TPSA) is 108 Å². The highest BCUT2D eigenvalue weighted by molar-refractivity contribution is 6.32. The Kier molecular flexibility index (Phi) is 12.2. The van der Waals surface area contributed by atoms with Crippen LogP contribution in [0.2, 0.25) is 5.02 Å². The summed E-state index contributed by atoms with van der Waals surface area (Å²) in [6.45, 7) is 7.50. The van der Waals surface area contributed by atoms with Gasteiger partial charge in [-0.2, -0.15) is 0 Å². The molecule has 5 rings (SSSR count). The minimum absolute atomic E-state index is 0.00931. The second-order valence-electron chi connectivity index (χ2n) is 11.8. The fourth-order valence-electron chi connectivity index (χ4n) is 6.21. The molecule has 1 fully saturated rings. The summed E-state index contributed by atoms with van der Waals surface area (Å²) in [5, 5.41) is 0.412. The summed E-state index contributed by atoms with van der Waals surface area (Å²) in [5.74, 6) is 2.18. The molecule has 0 N–H and O–H groups in total. The molecule has 3 aromatic rings. The first kappa shape index (κ1) is 36.5. The van der Waals surface area contributed by atoms with Gasteiger partial charge in [-0.25, -0.2) is 4.79 Å². The Morgan fingerprint density at radius 2 is 1.52 bits per heavy atom. The first-order chi connectivity index (χ1) is 24.2. The third-order valence-corrected chi connectivity index (χ3v) is 9.11. The van der Waals surface area contributed by atoms with Crippen molar-refractivity contribution in [1.29, 1.82) is 0 Å². The Morgan fingerprint density at radius 1 is 0.840 bits per heavy atom. The maximum Gasteiger partial charge on any atom is 0.338 e. The van der Waals surface area contributed by atoms with Crippen molar-refractivity contribution in [2.24, 2.45) is 0 Å². The van der Waals surface area contributed by atoms with Gasteiger partial charge < -0.3 is 43.0 Å². The van der Waals surface area contributed by atoms with Crippen LogP contribution < -0.4 is 38.2 Å². The van der Waals surface area contributed by atoms with Gasteiger partial charge in [-0.1, -0.05) is 17.7 Å². The summed E-state index contributed by atoms with van der Waals surface area (Å²) in [5.41, 5.74) is 2.95. The molecule has 3 aromatic carbocycles. The van der Waals surface area contributed by atoms with Crippen LogP contribution in [0.4, 0.5) is 11.4 Å². The molecule has 12 nitrogen and oxygen atoms in total. The summed E-state index contributed by atoms with van der Waals surface area (Å²) in [7, 11) is 7.70. The molecule has 1 atom stereocenters. The van der Waals surface area contributed by atoms with Gasteiger partial charge in [-0.15, -0.1) is 6.58 Å². The lowest BCUT2D eigenvalue weighted by Gasteiger charge is -2.37. The van der Waals surface area contributed by atoms with E-state index in [1.165, 1.54) is 21.3 Å². The van der Waals surface area contributed by atoms with E-state index in [0.29, 0.717) is 78.5 Å². The number of carbonyl (C=O) groups excluding carboxylic acids is 2. The number of nitrogens with zero attached hydrogens (tertiary/aromatic N) is 3. The molecule has 0 saturated carbocycles. The number of piperazine rings is 1. The van der Waals surface area contributed by atoms with E-state index in [0.717, 1.165) is 30.0 Å². The second-order valence-corrected chi connectivity index (χ2v) is 12.2. The van der Waals surface area contributed by atoms with Gasteiger partial charge in [0.2, 0.25) is 11.7 Å². The number of anilines is 2. The minimum Gasteiger partial charge on any atom is -0.493 e. The highest BCUT2D eigenvalue weighted by Crippen LogP contribution is 2.39. The molecular weight excluding hydrogens is 666 g/mol. The van der Waals surface area contributed by atoms with E-state index in [1.54, 1.807) is 43.4 Å². The second kappa shape index (κ2) is 16.7. The monoisotopic (exact) mass is 709 g/mol. The van der Waals surface area contributed by atoms with E-state index in [4.69, 9.17) is 44.8 Å². The molecule has 0 spiro atoms. The van der Waals surface area contributed by atoms with Gasteiger partial charge in [0.1, 0.15) is 18.5 Å². The van der Waals surface area contributed by atoms with Crippen molar-refractivity contribution < 1.29 is 42.7 Å². The third kappa shape index (κ3) is 8.14. The number of benzene rings is 3. The number of rotatable bonds is 15. The molecule has 0 aliphatic carbocycles. The van der Waals surface area contributed by atoms with Gasteiger partial charge in [0.15, 0.2) is 23.0 Å². The smallest absolute Gasteiger partial charge is 0.338 e. The zero-order valence-electron chi connectivity index (χ0n) is 29.2. The fraction of sp³-hybridized carbons (Fsp3) is 0.405. The highest BCUT2D eigenvalue weighted by atomic mass is 35.5. The molecule has 1 unspecified atom stereocenters. The Labute approximate surface area is 297 Å². The van der Waals surface area contributed by atoms with E-state index < -0.39 is 12.1 Å². The number of ether oxygens (including phenoxy) is 7. The summed E-state index contributed by atoms with van der Waals surface area (Å²) in [6, 6.07) is 12.6. The van der Waals surface area contributed by atoms with E-state index >= 15 is 0 Å². The first-order valence-electron chi connectivity index (χ1n) is 16.3. The van der Waals surface area contributed by atoms with Crippen molar-refractivity contribution in [1.82, 2.24) is 4.90 Å². The molecule has 2 aliphatic heterocycles. The quantitative estimate of drug-likeness (QED) is 0.152. The van der Waals surface area contributed by atoms with Crippen molar-refractivity contribution in [2.75, 3.05) is 91.2 Å². The number of amides is 1. The molecule has 268 valence electrons. The van der Waals surface area contributed by atoms with E-state index in [9.17, 15) is 9.59 Å². The van der Waals surface area contributed by atoms with Crippen molar-refractivity contribution in [3.05, 3.63) is 71.3 Å². The van der Waals surface area contributed by atoms with Gasteiger partial charge in [0.05, 0.1) is 51.8 Å². The van der Waals surface area contributed by atoms with E-state index in [1.807, 2.05) is 24.3 Å². The van der Waals surface area contributed by atoms with Gasteiger partial charge in [0.25, 0.3) is 0 Å². The molecule has 0 aromatic heterocycles. The number of hydrogen-bond donors (Lipinski definition) is 0. The molecule has 0 bridgehead atoms. The predicted octanol–water partition coefficient (Wildman–Crippen LogP) is 5.27. The summed E-state index contributed by atoms with van der Waals surface area (Å²) < 4.78 is 39.6. The fourth-order valence-corrected chi connectivity index (χ4v) is 6.45. The maximum atomic E-state index is 13.6. The van der Waals surface area contributed by atoms with Crippen LogP contribution in [0.25, 0.3) is 0 Å². The normalized spacial score (nSPS) is 15.1. The van der Waals surface area contributed by atoms with Gasteiger partial charge in [-0.05, 0) is 42.3 Å². The summed E-state index contributed by atoms with van der Waals surface area (Å²) >= 11 is 6.68. The zero-order valence-corrected chi connectivity index (χ0v) is 29.9. The van der Waals surface area contributed by atoms with Crippen LogP contribution in [0.3, 0.4) is 0 Å². The number of hydrogen-bond acceptors (Lipinski definition) is 11. The van der Waals surface area contributed by atoms with Gasteiger partial charge >= 0.3 is 5.97 Å². The minimum atomic E-state index is -0.688. The summed E-state index contributed by atoms with van der Waals surface area (Å²) in [4.78, 5) is 32.5. The number of carbonyl (C=O) groups is 2. The van der Waals surface area contributed by atoms with Crippen molar-refractivity contribution >= 4 is 34.9 Å². The molecule has 50 heavy (non-hydrogen) atoms. The van der Waals surface area contributed by atoms with Crippen LogP contribution in [0.1, 0.15) is 22.3 Å². The molecule has 2 heterocycles. The van der Waals surface area contributed by atoms with Crippen molar-refractivity contribution in [3.8, 4) is 34.5 Å². The SMILES string of the molecule is C=CCN1C(=O)CCc2cc(Cl)c(OCC(CN3CCN(c4ccc(OC)c(OC)c4)CC3)OC(=O)c3cc(OC)c(OC)c(OC)c3)cc21. The average molecular weight is 710 g/mol. The van der Waals surface area contributed by atoms with Gasteiger partial charge in [-0.3, -0.25) is 9.69 Å². The van der Waals surface area contributed by atoms with Gasteiger partial charge in [0, 0.05) is 63.5 Å². The lowest BCUT2D eigenvalue weighted by atomic mass is 10.0. The number of methoxy groups -OCH3 is 5.